The Balaban J connectivity index is 1.51. The molecule has 0 spiro atoms. The van der Waals surface area contributed by atoms with Gasteiger partial charge in [0.05, 0.1) is 10.3 Å². The van der Waals surface area contributed by atoms with E-state index in [4.69, 9.17) is 0 Å². The van der Waals surface area contributed by atoms with E-state index in [-0.39, 0.29) is 10.8 Å². The second-order valence-corrected chi connectivity index (χ2v) is 10.0. The summed E-state index contributed by atoms with van der Waals surface area (Å²) in [6.45, 7) is 0. The third kappa shape index (κ3) is 3.47. The number of carboxylic acids is 1. The zero-order valence-electron chi connectivity index (χ0n) is 18.0. The maximum Gasteiger partial charge on any atom is 0.328 e. The Bertz CT molecular complexity index is 1430. The van der Waals surface area contributed by atoms with Crippen LogP contribution >= 0.6 is 11.8 Å². The number of carboxylic acid groups (broad SMARTS) is 1. The Hall–Kier alpha value is -3.31. The molecule has 1 N–H and O–H groups in total. The smallest absolute Gasteiger partial charge is 0.328 e. The van der Waals surface area contributed by atoms with Crippen LogP contribution in [0, 0.1) is 0 Å². The molecule has 0 saturated heterocycles. The summed E-state index contributed by atoms with van der Waals surface area (Å²) in [6.07, 6.45) is 2.84. The van der Waals surface area contributed by atoms with Gasteiger partial charge in [-0.05, 0) is 58.2 Å². The van der Waals surface area contributed by atoms with Crippen LogP contribution in [0.25, 0.3) is 10.8 Å². The Kier molecular flexibility index (Phi) is 4.88. The van der Waals surface area contributed by atoms with Crippen molar-refractivity contribution in [2.24, 2.45) is 0 Å². The van der Waals surface area contributed by atoms with Crippen LogP contribution < -0.4 is 5.56 Å². The van der Waals surface area contributed by atoms with Crippen LogP contribution in [-0.4, -0.2) is 15.6 Å². The highest BCUT2D eigenvalue weighted by molar-refractivity contribution is 7.99. The molecule has 0 unspecified atom stereocenters. The first-order chi connectivity index (χ1) is 16.1. The van der Waals surface area contributed by atoms with Gasteiger partial charge in [0.25, 0.3) is 5.56 Å². The molecule has 2 heterocycles. The van der Waals surface area contributed by atoms with Gasteiger partial charge in [-0.25, -0.2) is 4.79 Å². The van der Waals surface area contributed by atoms with Crippen molar-refractivity contribution in [1.82, 2.24) is 4.57 Å². The first-order valence-electron chi connectivity index (χ1n) is 11.3. The molecule has 1 aromatic heterocycles. The van der Waals surface area contributed by atoms with Crippen molar-refractivity contribution in [2.75, 3.05) is 0 Å². The molecule has 0 radical (unpaired) electrons. The van der Waals surface area contributed by atoms with E-state index < -0.39 is 12.0 Å². The Morgan fingerprint density at radius 3 is 2.42 bits per heavy atom. The molecule has 0 amide bonds. The van der Waals surface area contributed by atoms with Crippen LogP contribution in [0.4, 0.5) is 0 Å². The SMILES string of the molecule is O=C(O)[C@@H]1[C@@H](c2ccccc2)Sc2c(C3CC3)c(Cc3cccc4ccccc34)cc(=O)n21. The van der Waals surface area contributed by atoms with Crippen molar-refractivity contribution < 1.29 is 9.90 Å². The summed E-state index contributed by atoms with van der Waals surface area (Å²) in [7, 11) is 0. The normalized spacial score (nSPS) is 19.5. The topological polar surface area (TPSA) is 59.3 Å². The first-order valence-corrected chi connectivity index (χ1v) is 12.2. The summed E-state index contributed by atoms with van der Waals surface area (Å²) >= 11 is 1.55. The average Bonchev–Trinajstić information content (AvgIpc) is 3.58. The summed E-state index contributed by atoms with van der Waals surface area (Å²) in [6, 6.07) is 25.1. The number of pyridine rings is 1. The minimum atomic E-state index is -0.958. The lowest BCUT2D eigenvalue weighted by Gasteiger charge is -2.18. The summed E-state index contributed by atoms with van der Waals surface area (Å²) in [4.78, 5) is 25.7. The van der Waals surface area contributed by atoms with Crippen molar-refractivity contribution in [3.05, 3.63) is 111 Å². The highest BCUT2D eigenvalue weighted by Crippen LogP contribution is 2.55. The first kappa shape index (κ1) is 20.3. The van der Waals surface area contributed by atoms with E-state index in [0.717, 1.165) is 29.0 Å². The predicted octanol–water partition coefficient (Wildman–Crippen LogP) is 5.94. The van der Waals surface area contributed by atoms with E-state index in [0.29, 0.717) is 12.3 Å². The molecule has 1 saturated carbocycles. The molecule has 4 aromatic rings. The Labute approximate surface area is 195 Å². The second-order valence-electron chi connectivity index (χ2n) is 8.92. The van der Waals surface area contributed by atoms with Gasteiger partial charge < -0.3 is 5.11 Å². The molecule has 33 heavy (non-hydrogen) atoms. The van der Waals surface area contributed by atoms with Gasteiger partial charge in [0.2, 0.25) is 0 Å². The Morgan fingerprint density at radius 1 is 0.939 bits per heavy atom. The van der Waals surface area contributed by atoms with Crippen molar-refractivity contribution in [1.29, 1.82) is 0 Å². The van der Waals surface area contributed by atoms with Gasteiger partial charge in [-0.1, -0.05) is 84.6 Å². The standard InChI is InChI=1S/C28H23NO3S/c30-23-16-21(15-20-11-6-10-17-7-4-5-12-22(17)20)24(18-13-14-18)27-29(23)25(28(31)32)26(33-27)19-8-2-1-3-9-19/h1-12,16,18,25-26H,13-15H2,(H,31,32)/t25-,26+/m0/s1. The highest BCUT2D eigenvalue weighted by atomic mass is 32.2. The molecule has 1 aliphatic heterocycles. The van der Waals surface area contributed by atoms with E-state index in [9.17, 15) is 14.7 Å². The molecule has 3 aromatic carbocycles. The van der Waals surface area contributed by atoms with E-state index in [2.05, 4.69) is 30.3 Å². The highest BCUT2D eigenvalue weighted by Gasteiger charge is 2.44. The van der Waals surface area contributed by atoms with E-state index in [1.54, 1.807) is 22.4 Å². The fraction of sp³-hybridized carbons (Fsp3) is 0.214. The summed E-state index contributed by atoms with van der Waals surface area (Å²) < 4.78 is 1.55. The van der Waals surface area contributed by atoms with Crippen LogP contribution in [0.15, 0.2) is 88.7 Å². The lowest BCUT2D eigenvalue weighted by Crippen LogP contribution is -2.30. The molecule has 4 nitrogen and oxygen atoms in total. The maximum absolute atomic E-state index is 13.4. The number of aliphatic carboxylic acids is 1. The molecular formula is C28H23NO3S. The zero-order valence-corrected chi connectivity index (χ0v) is 18.8. The third-order valence-corrected chi connectivity index (χ3v) is 8.19. The number of fused-ring (bicyclic) bond motifs is 2. The molecular weight excluding hydrogens is 430 g/mol. The summed E-state index contributed by atoms with van der Waals surface area (Å²) in [5, 5.41) is 13.0. The number of hydrogen-bond donors (Lipinski definition) is 1. The van der Waals surface area contributed by atoms with Crippen molar-refractivity contribution in [3.63, 3.8) is 0 Å². The number of carbonyl (C=O) groups is 1. The average molecular weight is 454 g/mol. The van der Waals surface area contributed by atoms with E-state index in [1.165, 1.54) is 21.9 Å². The van der Waals surface area contributed by atoms with Gasteiger partial charge in [-0.3, -0.25) is 9.36 Å². The molecule has 0 bridgehead atoms. The zero-order chi connectivity index (χ0) is 22.5. The minimum absolute atomic E-state index is 0.219. The maximum atomic E-state index is 13.4. The van der Waals surface area contributed by atoms with Gasteiger partial charge in [0.15, 0.2) is 6.04 Å². The predicted molar refractivity (Wildman–Crippen MR) is 131 cm³/mol. The van der Waals surface area contributed by atoms with Crippen LogP contribution in [0.5, 0.6) is 0 Å². The third-order valence-electron chi connectivity index (χ3n) is 6.76. The van der Waals surface area contributed by atoms with Crippen molar-refractivity contribution in [3.8, 4) is 0 Å². The second kappa shape index (κ2) is 7.92. The van der Waals surface area contributed by atoms with E-state index in [1.807, 2.05) is 42.5 Å². The van der Waals surface area contributed by atoms with Crippen LogP contribution in [-0.2, 0) is 11.2 Å². The largest absolute Gasteiger partial charge is 0.480 e. The number of nitrogens with zero attached hydrogens (tertiary/aromatic N) is 1. The number of hydrogen-bond acceptors (Lipinski definition) is 3. The number of aromatic nitrogens is 1. The van der Waals surface area contributed by atoms with Gasteiger partial charge in [-0.15, -0.1) is 0 Å². The van der Waals surface area contributed by atoms with Gasteiger partial charge in [0.1, 0.15) is 0 Å². The van der Waals surface area contributed by atoms with Gasteiger partial charge >= 0.3 is 5.97 Å². The van der Waals surface area contributed by atoms with Gasteiger partial charge in [0, 0.05) is 6.07 Å². The molecule has 2 atom stereocenters. The monoisotopic (exact) mass is 453 g/mol. The minimum Gasteiger partial charge on any atom is -0.480 e. The molecule has 5 heteroatoms. The molecule has 2 aliphatic rings. The molecule has 1 fully saturated rings. The van der Waals surface area contributed by atoms with Crippen molar-refractivity contribution >= 4 is 28.5 Å². The summed E-state index contributed by atoms with van der Waals surface area (Å²) in [5.74, 6) is -0.561. The lowest BCUT2D eigenvalue weighted by atomic mass is 9.94. The van der Waals surface area contributed by atoms with Crippen molar-refractivity contribution in [2.45, 2.75) is 41.5 Å². The molecule has 164 valence electrons. The van der Waals surface area contributed by atoms with Crippen LogP contribution in [0.2, 0.25) is 0 Å². The number of rotatable bonds is 5. The van der Waals surface area contributed by atoms with Crippen LogP contribution in [0.1, 0.15) is 52.3 Å². The molecule has 1 aliphatic carbocycles. The number of benzene rings is 3. The summed E-state index contributed by atoms with van der Waals surface area (Å²) in [5.41, 5.74) is 4.13. The quantitative estimate of drug-likeness (QED) is 0.406. The lowest BCUT2D eigenvalue weighted by molar-refractivity contribution is -0.141. The fourth-order valence-corrected chi connectivity index (χ4v) is 6.75. The van der Waals surface area contributed by atoms with Gasteiger partial charge in [-0.2, -0.15) is 0 Å². The fourth-order valence-electron chi connectivity index (χ4n) is 5.11. The molecule has 6 rings (SSSR count). The van der Waals surface area contributed by atoms with E-state index >= 15 is 0 Å². The van der Waals surface area contributed by atoms with Crippen LogP contribution in [0.3, 0.4) is 0 Å². The Morgan fingerprint density at radius 2 is 1.67 bits per heavy atom. The number of thioether (sulfide) groups is 1.